The van der Waals surface area contributed by atoms with Crippen LogP contribution in [0.5, 0.6) is 5.88 Å². The summed E-state index contributed by atoms with van der Waals surface area (Å²) in [5.74, 6) is 0.497. The average Bonchev–Trinajstić information content (AvgIpc) is 2.61. The quantitative estimate of drug-likeness (QED) is 0.730. The van der Waals surface area contributed by atoms with Gasteiger partial charge in [0.2, 0.25) is 5.88 Å². The molecule has 0 fully saturated rings. The molecule has 2 aromatic heterocycles. The second-order valence-electron chi connectivity index (χ2n) is 2.24. The summed E-state index contributed by atoms with van der Waals surface area (Å²) in [7, 11) is 0. The molecule has 2 rings (SSSR count). The predicted octanol–water partition coefficient (Wildman–Crippen LogP) is 1.81. The van der Waals surface area contributed by atoms with Crippen molar-refractivity contribution < 1.29 is 9.52 Å². The summed E-state index contributed by atoms with van der Waals surface area (Å²) in [5.41, 5.74) is 0. The Kier molecular flexibility index (Phi) is 1.58. The first-order valence-electron chi connectivity index (χ1n) is 3.33. The van der Waals surface area contributed by atoms with Gasteiger partial charge in [0.05, 0.1) is 11.1 Å². The number of hydrogen-bond donors (Lipinski definition) is 1. The third-order valence-corrected chi connectivity index (χ3v) is 2.34. The Morgan fingerprint density at radius 1 is 1.58 bits per heavy atom. The molecular formula is C7H6N2O2S. The number of rotatable bonds is 1. The van der Waals surface area contributed by atoms with Crippen LogP contribution < -0.4 is 0 Å². The lowest BCUT2D eigenvalue weighted by molar-refractivity contribution is 0.453. The molecule has 12 heavy (non-hydrogen) atoms. The van der Waals surface area contributed by atoms with E-state index in [2.05, 4.69) is 9.97 Å². The Morgan fingerprint density at radius 3 is 2.92 bits per heavy atom. The van der Waals surface area contributed by atoms with E-state index in [1.807, 2.05) is 0 Å². The molecule has 0 aliphatic carbocycles. The Morgan fingerprint density at radius 2 is 2.42 bits per heavy atom. The number of aromatic nitrogens is 2. The van der Waals surface area contributed by atoms with Gasteiger partial charge in [0.15, 0.2) is 5.01 Å². The summed E-state index contributed by atoms with van der Waals surface area (Å²) in [6.07, 6.45) is 3.02. The monoisotopic (exact) mass is 182 g/mol. The molecule has 0 aliphatic heterocycles. The van der Waals surface area contributed by atoms with Crippen LogP contribution >= 0.6 is 11.3 Å². The van der Waals surface area contributed by atoms with E-state index >= 15 is 0 Å². The number of oxazole rings is 1. The smallest absolute Gasteiger partial charge is 0.255 e. The first kappa shape index (κ1) is 7.30. The lowest BCUT2D eigenvalue weighted by Gasteiger charge is -1.82. The van der Waals surface area contributed by atoms with Crippen molar-refractivity contribution in [2.75, 3.05) is 0 Å². The Hall–Kier alpha value is -1.36. The fraction of sp³-hybridized carbons (Fsp3) is 0.143. The predicted molar refractivity (Wildman–Crippen MR) is 44.0 cm³/mol. The normalized spacial score (nSPS) is 10.4. The topological polar surface area (TPSA) is 59.2 Å². The van der Waals surface area contributed by atoms with Crippen molar-refractivity contribution in [3.8, 4) is 16.8 Å². The molecule has 1 N–H and O–H groups in total. The van der Waals surface area contributed by atoms with Gasteiger partial charge in [0.25, 0.3) is 5.89 Å². The lowest BCUT2D eigenvalue weighted by atomic mass is 10.6. The van der Waals surface area contributed by atoms with Crippen LogP contribution in [0.3, 0.4) is 0 Å². The van der Waals surface area contributed by atoms with Gasteiger partial charge in [-0.15, -0.1) is 11.3 Å². The van der Waals surface area contributed by atoms with E-state index in [0.29, 0.717) is 10.9 Å². The highest BCUT2D eigenvalue weighted by atomic mass is 32.1. The largest absolute Gasteiger partial charge is 0.492 e. The molecule has 0 spiro atoms. The van der Waals surface area contributed by atoms with Gasteiger partial charge in [-0.25, -0.2) is 4.98 Å². The van der Waals surface area contributed by atoms with Crippen LogP contribution in [0.1, 0.15) is 4.88 Å². The van der Waals surface area contributed by atoms with Gasteiger partial charge in [0, 0.05) is 0 Å². The van der Waals surface area contributed by atoms with E-state index in [9.17, 15) is 0 Å². The second-order valence-corrected chi connectivity index (χ2v) is 3.44. The van der Waals surface area contributed by atoms with Gasteiger partial charge in [-0.1, -0.05) is 0 Å². The van der Waals surface area contributed by atoms with Gasteiger partial charge in [0.1, 0.15) is 6.26 Å². The van der Waals surface area contributed by atoms with E-state index in [1.165, 1.54) is 17.6 Å². The van der Waals surface area contributed by atoms with Crippen molar-refractivity contribution in [3.63, 3.8) is 0 Å². The number of hydrogen-bond acceptors (Lipinski definition) is 5. The summed E-state index contributed by atoms with van der Waals surface area (Å²) in [4.78, 5) is 8.55. The van der Waals surface area contributed by atoms with E-state index in [1.54, 1.807) is 13.1 Å². The third kappa shape index (κ3) is 1.08. The molecule has 2 heterocycles. The SMILES string of the molecule is Cc1sc(-c2ncco2)nc1O. The van der Waals surface area contributed by atoms with Gasteiger partial charge in [-0.05, 0) is 6.92 Å². The molecule has 5 heteroatoms. The summed E-state index contributed by atoms with van der Waals surface area (Å²) >= 11 is 1.35. The van der Waals surface area contributed by atoms with E-state index in [-0.39, 0.29) is 5.88 Å². The Labute approximate surface area is 72.5 Å². The lowest BCUT2D eigenvalue weighted by Crippen LogP contribution is -1.72. The van der Waals surface area contributed by atoms with Crippen LogP contribution in [0.15, 0.2) is 16.9 Å². The molecule has 0 amide bonds. The third-order valence-electron chi connectivity index (χ3n) is 1.39. The van der Waals surface area contributed by atoms with Crippen molar-refractivity contribution in [2.45, 2.75) is 6.92 Å². The standard InChI is InChI=1S/C7H6N2O2S/c1-4-5(10)9-7(12-4)6-8-2-3-11-6/h2-3,10H,1H3. The van der Waals surface area contributed by atoms with Gasteiger partial charge < -0.3 is 9.52 Å². The molecule has 0 unspecified atom stereocenters. The zero-order chi connectivity index (χ0) is 8.55. The van der Waals surface area contributed by atoms with Crippen LogP contribution in [-0.4, -0.2) is 15.1 Å². The fourth-order valence-electron chi connectivity index (χ4n) is 0.809. The molecule has 0 saturated carbocycles. The summed E-state index contributed by atoms with van der Waals surface area (Å²) in [6, 6.07) is 0. The minimum atomic E-state index is 0.0493. The van der Waals surface area contributed by atoms with Crippen molar-refractivity contribution in [2.24, 2.45) is 0 Å². The highest BCUT2D eigenvalue weighted by Crippen LogP contribution is 2.29. The van der Waals surface area contributed by atoms with Crippen molar-refractivity contribution in [1.82, 2.24) is 9.97 Å². The van der Waals surface area contributed by atoms with Crippen LogP contribution in [-0.2, 0) is 0 Å². The van der Waals surface area contributed by atoms with E-state index in [4.69, 9.17) is 9.52 Å². The minimum absolute atomic E-state index is 0.0493. The average molecular weight is 182 g/mol. The molecule has 0 aliphatic rings. The van der Waals surface area contributed by atoms with Crippen LogP contribution in [0, 0.1) is 6.92 Å². The maximum absolute atomic E-state index is 9.17. The molecule has 2 aromatic rings. The maximum atomic E-state index is 9.17. The molecule has 0 radical (unpaired) electrons. The number of thiazole rings is 1. The first-order valence-corrected chi connectivity index (χ1v) is 4.15. The van der Waals surface area contributed by atoms with Gasteiger partial charge in [-0.2, -0.15) is 4.98 Å². The highest BCUT2D eigenvalue weighted by Gasteiger charge is 2.10. The molecule has 4 nitrogen and oxygen atoms in total. The van der Waals surface area contributed by atoms with Crippen molar-refractivity contribution >= 4 is 11.3 Å². The second kappa shape index (κ2) is 2.60. The van der Waals surface area contributed by atoms with E-state index < -0.39 is 0 Å². The first-order chi connectivity index (χ1) is 5.77. The summed E-state index contributed by atoms with van der Waals surface area (Å²) in [5, 5.41) is 9.78. The highest BCUT2D eigenvalue weighted by molar-refractivity contribution is 7.15. The minimum Gasteiger partial charge on any atom is -0.492 e. The summed E-state index contributed by atoms with van der Waals surface area (Å²) in [6.45, 7) is 1.79. The maximum Gasteiger partial charge on any atom is 0.255 e. The van der Waals surface area contributed by atoms with Gasteiger partial charge >= 0.3 is 0 Å². The van der Waals surface area contributed by atoms with Crippen LogP contribution in [0.4, 0.5) is 0 Å². The van der Waals surface area contributed by atoms with E-state index in [0.717, 1.165) is 4.88 Å². The summed E-state index contributed by atoms with van der Waals surface area (Å²) < 4.78 is 5.01. The molecule has 62 valence electrons. The molecular weight excluding hydrogens is 176 g/mol. The Bertz CT molecular complexity index is 361. The molecule has 0 aromatic carbocycles. The number of aromatic hydroxyl groups is 1. The molecule has 0 atom stereocenters. The van der Waals surface area contributed by atoms with Crippen molar-refractivity contribution in [3.05, 3.63) is 17.3 Å². The zero-order valence-corrected chi connectivity index (χ0v) is 7.13. The number of nitrogens with zero attached hydrogens (tertiary/aromatic N) is 2. The van der Waals surface area contributed by atoms with Crippen LogP contribution in [0.2, 0.25) is 0 Å². The zero-order valence-electron chi connectivity index (χ0n) is 6.31. The van der Waals surface area contributed by atoms with Gasteiger partial charge in [-0.3, -0.25) is 0 Å². The molecule has 0 saturated heterocycles. The fourth-order valence-corrected chi connectivity index (χ4v) is 1.56. The number of aryl methyl sites for hydroxylation is 1. The molecule has 0 bridgehead atoms. The Balaban J connectivity index is 2.48. The van der Waals surface area contributed by atoms with Crippen molar-refractivity contribution in [1.29, 1.82) is 0 Å². The van der Waals surface area contributed by atoms with Crippen LogP contribution in [0.25, 0.3) is 10.9 Å².